The quantitative estimate of drug-likeness (QED) is 0.749. The Hall–Kier alpha value is -2.21. The molecule has 0 aliphatic rings. The third-order valence-electron chi connectivity index (χ3n) is 3.11. The van der Waals surface area contributed by atoms with Gasteiger partial charge in [0.15, 0.2) is 0 Å². The molecule has 98 valence electrons. The molecular formula is C13H13FN4O. The summed E-state index contributed by atoms with van der Waals surface area (Å²) in [4.78, 5) is 3.10. The molecule has 2 heterocycles. The van der Waals surface area contributed by atoms with Crippen molar-refractivity contribution in [3.05, 3.63) is 42.6 Å². The number of aromatic nitrogens is 4. The van der Waals surface area contributed by atoms with E-state index >= 15 is 0 Å². The second-order valence-electron chi connectivity index (χ2n) is 4.40. The number of rotatable bonds is 4. The minimum Gasteiger partial charge on any atom is -0.393 e. The van der Waals surface area contributed by atoms with Crippen molar-refractivity contribution in [2.75, 3.05) is 6.61 Å². The zero-order chi connectivity index (χ0) is 13.2. The van der Waals surface area contributed by atoms with Crippen molar-refractivity contribution in [3.63, 3.8) is 0 Å². The van der Waals surface area contributed by atoms with E-state index in [2.05, 4.69) is 15.2 Å². The number of halogens is 1. The number of benzene rings is 1. The maximum atomic E-state index is 13.3. The first kappa shape index (κ1) is 11.9. The fourth-order valence-corrected chi connectivity index (χ4v) is 2.13. The molecule has 0 saturated heterocycles. The summed E-state index contributed by atoms with van der Waals surface area (Å²) in [5.41, 5.74) is 2.71. The van der Waals surface area contributed by atoms with Crippen LogP contribution < -0.4 is 0 Å². The number of aliphatic hydroxyl groups is 1. The number of aromatic amines is 1. The highest BCUT2D eigenvalue weighted by atomic mass is 19.1. The summed E-state index contributed by atoms with van der Waals surface area (Å²) in [6.07, 6.45) is 3.96. The van der Waals surface area contributed by atoms with E-state index in [1.54, 1.807) is 23.4 Å². The summed E-state index contributed by atoms with van der Waals surface area (Å²) in [5.74, 6) is 0. The first-order valence-corrected chi connectivity index (χ1v) is 5.98. The number of nitrogens with one attached hydrogen (secondary N) is 1. The fraction of sp³-hybridized carbons (Fsp3) is 0.231. The van der Waals surface area contributed by atoms with Crippen LogP contribution in [0.25, 0.3) is 16.6 Å². The Balaban J connectivity index is 2.03. The van der Waals surface area contributed by atoms with Gasteiger partial charge >= 0.3 is 0 Å². The Bertz CT molecular complexity index is 677. The van der Waals surface area contributed by atoms with Gasteiger partial charge in [-0.1, -0.05) is 0 Å². The molecule has 0 aliphatic carbocycles. The molecule has 6 heteroatoms. The van der Waals surface area contributed by atoms with Crippen LogP contribution in [0.1, 0.15) is 5.56 Å². The van der Waals surface area contributed by atoms with E-state index in [4.69, 9.17) is 5.11 Å². The summed E-state index contributed by atoms with van der Waals surface area (Å²) in [7, 11) is 0. The van der Waals surface area contributed by atoms with Crippen LogP contribution in [-0.2, 0) is 6.42 Å². The Labute approximate surface area is 108 Å². The summed E-state index contributed by atoms with van der Waals surface area (Å²) < 4.78 is 15.1. The predicted molar refractivity (Wildman–Crippen MR) is 68.9 cm³/mol. The minimum absolute atomic E-state index is 0.197. The van der Waals surface area contributed by atoms with E-state index in [9.17, 15) is 4.39 Å². The van der Waals surface area contributed by atoms with E-state index in [0.29, 0.717) is 0 Å². The predicted octanol–water partition coefficient (Wildman–Crippen LogP) is 1.62. The van der Waals surface area contributed by atoms with Crippen molar-refractivity contribution in [1.29, 1.82) is 0 Å². The summed E-state index contributed by atoms with van der Waals surface area (Å²) >= 11 is 0. The van der Waals surface area contributed by atoms with Crippen LogP contribution in [-0.4, -0.2) is 37.6 Å². The first-order chi connectivity index (χ1) is 9.28. The maximum absolute atomic E-state index is 13.3. The molecule has 5 nitrogen and oxygen atoms in total. The molecule has 19 heavy (non-hydrogen) atoms. The maximum Gasteiger partial charge on any atom is 0.127 e. The Morgan fingerprint density at radius 1 is 1.32 bits per heavy atom. The van der Waals surface area contributed by atoms with E-state index in [1.807, 2.05) is 18.2 Å². The lowest BCUT2D eigenvalue weighted by Crippen LogP contribution is -2.09. The molecule has 0 bridgehead atoms. The molecule has 0 radical (unpaired) electrons. The lowest BCUT2D eigenvalue weighted by atomic mass is 10.1. The third-order valence-corrected chi connectivity index (χ3v) is 3.11. The van der Waals surface area contributed by atoms with Gasteiger partial charge in [0.1, 0.15) is 18.8 Å². The number of hydrogen-bond donors (Lipinski definition) is 2. The highest BCUT2D eigenvalue weighted by molar-refractivity contribution is 5.85. The molecule has 3 aromatic rings. The van der Waals surface area contributed by atoms with Crippen LogP contribution in [0.5, 0.6) is 0 Å². The highest BCUT2D eigenvalue weighted by Gasteiger charge is 2.11. The number of hydrogen-bond acceptors (Lipinski definition) is 3. The van der Waals surface area contributed by atoms with Crippen molar-refractivity contribution < 1.29 is 9.50 Å². The number of nitrogens with zero attached hydrogens (tertiary/aromatic N) is 3. The topological polar surface area (TPSA) is 66.7 Å². The van der Waals surface area contributed by atoms with E-state index in [1.165, 1.54) is 0 Å². The van der Waals surface area contributed by atoms with Crippen LogP contribution in [0.3, 0.4) is 0 Å². The van der Waals surface area contributed by atoms with Crippen molar-refractivity contribution in [2.24, 2.45) is 0 Å². The first-order valence-electron chi connectivity index (χ1n) is 5.98. The summed E-state index contributed by atoms with van der Waals surface area (Å²) in [6.45, 7) is -0.461. The van der Waals surface area contributed by atoms with Crippen LogP contribution in [0.2, 0.25) is 0 Å². The van der Waals surface area contributed by atoms with Crippen LogP contribution >= 0.6 is 0 Å². The molecular weight excluding hydrogens is 247 g/mol. The lowest BCUT2D eigenvalue weighted by Gasteiger charge is -2.05. The zero-order valence-corrected chi connectivity index (χ0v) is 10.1. The van der Waals surface area contributed by atoms with Gasteiger partial charge in [-0.15, -0.1) is 10.2 Å². The number of alkyl halides is 1. The zero-order valence-electron chi connectivity index (χ0n) is 10.1. The molecule has 0 spiro atoms. The second-order valence-corrected chi connectivity index (χ2v) is 4.40. The normalized spacial score (nSPS) is 12.9. The van der Waals surface area contributed by atoms with E-state index in [-0.39, 0.29) is 6.42 Å². The molecule has 1 aromatic carbocycles. The average Bonchev–Trinajstić information content (AvgIpc) is 3.08. The van der Waals surface area contributed by atoms with Crippen molar-refractivity contribution in [3.8, 4) is 5.69 Å². The Morgan fingerprint density at radius 3 is 2.84 bits per heavy atom. The summed E-state index contributed by atoms with van der Waals surface area (Å²) in [6, 6.07) is 5.82. The largest absolute Gasteiger partial charge is 0.393 e. The second kappa shape index (κ2) is 4.81. The van der Waals surface area contributed by atoms with Gasteiger partial charge in [-0.25, -0.2) is 4.39 Å². The molecule has 1 atom stereocenters. The van der Waals surface area contributed by atoms with Gasteiger partial charge in [-0.2, -0.15) is 0 Å². The van der Waals surface area contributed by atoms with Gasteiger partial charge in [0, 0.05) is 29.2 Å². The fourth-order valence-electron chi connectivity index (χ4n) is 2.13. The third kappa shape index (κ3) is 2.22. The van der Waals surface area contributed by atoms with Crippen LogP contribution in [0.15, 0.2) is 37.1 Å². The van der Waals surface area contributed by atoms with Gasteiger partial charge < -0.3 is 10.1 Å². The minimum atomic E-state index is -1.24. The highest BCUT2D eigenvalue weighted by Crippen LogP contribution is 2.23. The van der Waals surface area contributed by atoms with Gasteiger partial charge in [0.25, 0.3) is 0 Å². The van der Waals surface area contributed by atoms with Crippen LogP contribution in [0, 0.1) is 0 Å². The van der Waals surface area contributed by atoms with Gasteiger partial charge in [0.2, 0.25) is 0 Å². The van der Waals surface area contributed by atoms with Gasteiger partial charge in [0.05, 0.1) is 6.61 Å². The molecule has 0 fully saturated rings. The molecule has 0 aliphatic heterocycles. The molecule has 1 unspecified atom stereocenters. The summed E-state index contributed by atoms with van der Waals surface area (Å²) in [5, 5.41) is 17.3. The molecule has 3 rings (SSSR count). The van der Waals surface area contributed by atoms with Gasteiger partial charge in [-0.05, 0) is 23.8 Å². The molecule has 2 aromatic heterocycles. The molecule has 0 amide bonds. The van der Waals surface area contributed by atoms with Crippen molar-refractivity contribution in [2.45, 2.75) is 12.6 Å². The smallest absolute Gasteiger partial charge is 0.127 e. The monoisotopic (exact) mass is 260 g/mol. The SMILES string of the molecule is OCC(F)Cc1c[nH]c2ccc(-n3cnnc3)cc12. The van der Waals surface area contributed by atoms with Crippen molar-refractivity contribution in [1.82, 2.24) is 19.7 Å². The number of aliphatic hydroxyl groups excluding tert-OH is 1. The van der Waals surface area contributed by atoms with E-state index < -0.39 is 12.8 Å². The molecule has 2 N–H and O–H groups in total. The van der Waals surface area contributed by atoms with Crippen LogP contribution in [0.4, 0.5) is 4.39 Å². The Morgan fingerprint density at radius 2 is 2.11 bits per heavy atom. The molecule has 0 saturated carbocycles. The lowest BCUT2D eigenvalue weighted by molar-refractivity contribution is 0.178. The Kier molecular flexibility index (Phi) is 3.00. The van der Waals surface area contributed by atoms with E-state index in [0.717, 1.165) is 22.2 Å². The number of fused-ring (bicyclic) bond motifs is 1. The van der Waals surface area contributed by atoms with Gasteiger partial charge in [-0.3, -0.25) is 4.57 Å². The standard InChI is InChI=1S/C13H13FN4O/c14-10(6-19)3-9-5-15-13-2-1-11(4-12(9)13)18-7-16-17-8-18/h1-2,4-5,7-8,10,15,19H,3,6H2. The average molecular weight is 260 g/mol. The number of H-pyrrole nitrogens is 1. The van der Waals surface area contributed by atoms with Crippen molar-refractivity contribution >= 4 is 10.9 Å².